The molecule has 2 amide bonds. The van der Waals surface area contributed by atoms with Crippen LogP contribution in [0.3, 0.4) is 0 Å². The summed E-state index contributed by atoms with van der Waals surface area (Å²) in [7, 11) is 0. The molecular weight excluding hydrogens is 326 g/mol. The van der Waals surface area contributed by atoms with Crippen molar-refractivity contribution in [2.75, 3.05) is 13.1 Å². The standard InChI is InChI=1S/C17H23N3O3S/c1-6-20(10-13(21)19-17(3,4)5)16(22)14-11(2)24-15(18-14)12-8-7-9-23-12/h7-9H,6,10H2,1-5H3,(H,19,21). The van der Waals surface area contributed by atoms with Gasteiger partial charge in [0.15, 0.2) is 10.8 Å². The normalized spacial score (nSPS) is 11.4. The van der Waals surface area contributed by atoms with E-state index in [1.807, 2.05) is 34.6 Å². The number of carbonyl (C=O) groups excluding carboxylic acids is 2. The lowest BCUT2D eigenvalue weighted by Crippen LogP contribution is -2.47. The fourth-order valence-corrected chi connectivity index (χ4v) is 3.08. The summed E-state index contributed by atoms with van der Waals surface area (Å²) in [5.41, 5.74) is 0.0412. The third-order valence-corrected chi connectivity index (χ3v) is 4.23. The third-order valence-electron chi connectivity index (χ3n) is 3.25. The summed E-state index contributed by atoms with van der Waals surface area (Å²) in [5, 5.41) is 3.53. The van der Waals surface area contributed by atoms with Crippen molar-refractivity contribution in [1.29, 1.82) is 0 Å². The number of carbonyl (C=O) groups is 2. The van der Waals surface area contributed by atoms with Gasteiger partial charge in [-0.15, -0.1) is 11.3 Å². The summed E-state index contributed by atoms with van der Waals surface area (Å²) in [6.45, 7) is 9.86. The summed E-state index contributed by atoms with van der Waals surface area (Å²) >= 11 is 1.40. The molecule has 0 saturated heterocycles. The van der Waals surface area contributed by atoms with Gasteiger partial charge in [-0.3, -0.25) is 9.59 Å². The number of nitrogens with zero attached hydrogens (tertiary/aromatic N) is 2. The van der Waals surface area contributed by atoms with E-state index in [1.165, 1.54) is 16.2 Å². The minimum absolute atomic E-state index is 0.0135. The number of likely N-dealkylation sites (N-methyl/N-ethyl adjacent to an activating group) is 1. The van der Waals surface area contributed by atoms with Crippen molar-refractivity contribution in [1.82, 2.24) is 15.2 Å². The molecule has 0 saturated carbocycles. The molecule has 0 radical (unpaired) electrons. The second-order valence-corrected chi connectivity index (χ2v) is 7.72. The van der Waals surface area contributed by atoms with Gasteiger partial charge in [-0.25, -0.2) is 4.98 Å². The Bertz CT molecular complexity index is 714. The monoisotopic (exact) mass is 349 g/mol. The highest BCUT2D eigenvalue weighted by Gasteiger charge is 2.24. The van der Waals surface area contributed by atoms with Crippen molar-refractivity contribution in [3.05, 3.63) is 29.0 Å². The Morgan fingerprint density at radius 2 is 2.08 bits per heavy atom. The molecule has 130 valence electrons. The van der Waals surface area contributed by atoms with Crippen molar-refractivity contribution in [2.45, 2.75) is 40.2 Å². The quantitative estimate of drug-likeness (QED) is 0.900. The topological polar surface area (TPSA) is 75.4 Å². The fraction of sp³-hybridized carbons (Fsp3) is 0.471. The van der Waals surface area contributed by atoms with Crippen LogP contribution in [0.2, 0.25) is 0 Å². The molecule has 7 heteroatoms. The first kappa shape index (κ1) is 18.2. The molecule has 0 aliphatic rings. The number of nitrogens with one attached hydrogen (secondary N) is 1. The average Bonchev–Trinajstić information content (AvgIpc) is 3.11. The molecule has 0 bridgehead atoms. The van der Waals surface area contributed by atoms with Gasteiger partial charge in [-0.2, -0.15) is 0 Å². The number of hydrogen-bond acceptors (Lipinski definition) is 5. The zero-order chi connectivity index (χ0) is 17.9. The van der Waals surface area contributed by atoms with E-state index >= 15 is 0 Å². The highest BCUT2D eigenvalue weighted by atomic mass is 32.1. The summed E-state index contributed by atoms with van der Waals surface area (Å²) in [5.74, 6) is 0.209. The average molecular weight is 349 g/mol. The van der Waals surface area contributed by atoms with Crippen molar-refractivity contribution in [2.24, 2.45) is 0 Å². The van der Waals surface area contributed by atoms with Gasteiger partial charge in [0, 0.05) is 17.0 Å². The first-order valence-corrected chi connectivity index (χ1v) is 8.64. The van der Waals surface area contributed by atoms with Crippen molar-refractivity contribution >= 4 is 23.2 Å². The van der Waals surface area contributed by atoms with Gasteiger partial charge < -0.3 is 14.6 Å². The molecule has 2 heterocycles. The van der Waals surface area contributed by atoms with Gasteiger partial charge in [0.05, 0.1) is 12.8 Å². The van der Waals surface area contributed by atoms with Crippen LogP contribution in [0.15, 0.2) is 22.8 Å². The van der Waals surface area contributed by atoms with Crippen molar-refractivity contribution in [3.63, 3.8) is 0 Å². The van der Waals surface area contributed by atoms with E-state index in [0.717, 1.165) is 4.88 Å². The number of aromatic nitrogens is 1. The molecule has 1 N–H and O–H groups in total. The molecule has 0 aliphatic heterocycles. The van der Waals surface area contributed by atoms with Gasteiger partial charge in [0.2, 0.25) is 5.91 Å². The predicted molar refractivity (Wildman–Crippen MR) is 94.0 cm³/mol. The van der Waals surface area contributed by atoms with E-state index < -0.39 is 0 Å². The number of hydrogen-bond donors (Lipinski definition) is 1. The number of rotatable bonds is 5. The van der Waals surface area contributed by atoms with Crippen LogP contribution >= 0.6 is 11.3 Å². The maximum absolute atomic E-state index is 12.7. The highest BCUT2D eigenvalue weighted by Crippen LogP contribution is 2.28. The SMILES string of the molecule is CCN(CC(=O)NC(C)(C)C)C(=O)c1nc(-c2ccco2)sc1C. The van der Waals surface area contributed by atoms with Gasteiger partial charge in [-0.05, 0) is 46.8 Å². The highest BCUT2D eigenvalue weighted by molar-refractivity contribution is 7.15. The first-order chi connectivity index (χ1) is 11.2. The van der Waals surface area contributed by atoms with Crippen molar-refractivity contribution < 1.29 is 14.0 Å². The molecule has 2 aromatic rings. The molecule has 0 aromatic carbocycles. The third kappa shape index (κ3) is 4.44. The summed E-state index contributed by atoms with van der Waals surface area (Å²) in [4.78, 5) is 31.5. The molecule has 0 spiro atoms. The molecule has 0 atom stereocenters. The second-order valence-electron chi connectivity index (χ2n) is 6.52. The van der Waals surface area contributed by atoms with Crippen LogP contribution in [-0.4, -0.2) is 40.3 Å². The Labute approximate surface area is 145 Å². The molecule has 2 aromatic heterocycles. The Morgan fingerprint density at radius 3 is 2.62 bits per heavy atom. The molecule has 6 nitrogen and oxygen atoms in total. The maximum atomic E-state index is 12.7. The van der Waals surface area contributed by atoms with E-state index in [1.54, 1.807) is 18.4 Å². The van der Waals surface area contributed by atoms with Crippen LogP contribution in [-0.2, 0) is 4.79 Å². The smallest absolute Gasteiger partial charge is 0.274 e. The summed E-state index contributed by atoms with van der Waals surface area (Å²) in [6, 6.07) is 3.59. The van der Waals surface area contributed by atoms with Gasteiger partial charge >= 0.3 is 0 Å². The minimum Gasteiger partial charge on any atom is -0.462 e. The van der Waals surface area contributed by atoms with Crippen LogP contribution in [0.4, 0.5) is 0 Å². The maximum Gasteiger partial charge on any atom is 0.274 e. The zero-order valence-electron chi connectivity index (χ0n) is 14.7. The Kier molecular flexibility index (Phi) is 5.43. The van der Waals surface area contributed by atoms with Gasteiger partial charge in [-0.1, -0.05) is 0 Å². The summed E-state index contributed by atoms with van der Waals surface area (Å²) < 4.78 is 5.33. The van der Waals surface area contributed by atoms with Crippen molar-refractivity contribution in [3.8, 4) is 10.8 Å². The van der Waals surface area contributed by atoms with E-state index in [-0.39, 0.29) is 23.9 Å². The van der Waals surface area contributed by atoms with E-state index in [0.29, 0.717) is 23.0 Å². The van der Waals surface area contributed by atoms with Crippen LogP contribution in [0, 0.1) is 6.92 Å². The Morgan fingerprint density at radius 1 is 1.38 bits per heavy atom. The van der Waals surface area contributed by atoms with Crippen LogP contribution < -0.4 is 5.32 Å². The second kappa shape index (κ2) is 7.17. The van der Waals surface area contributed by atoms with E-state index in [2.05, 4.69) is 10.3 Å². The minimum atomic E-state index is -0.331. The molecule has 0 aliphatic carbocycles. The van der Waals surface area contributed by atoms with Crippen LogP contribution in [0.5, 0.6) is 0 Å². The Hall–Kier alpha value is -2.15. The lowest BCUT2D eigenvalue weighted by molar-refractivity contribution is -0.123. The summed E-state index contributed by atoms with van der Waals surface area (Å²) in [6.07, 6.45) is 1.57. The number of furan rings is 1. The Balaban J connectivity index is 2.15. The molecular formula is C17H23N3O3S. The van der Waals surface area contributed by atoms with Crippen LogP contribution in [0.25, 0.3) is 10.8 Å². The fourth-order valence-electron chi connectivity index (χ4n) is 2.21. The number of amides is 2. The van der Waals surface area contributed by atoms with Crippen LogP contribution in [0.1, 0.15) is 43.1 Å². The van der Waals surface area contributed by atoms with E-state index in [9.17, 15) is 9.59 Å². The predicted octanol–water partition coefficient (Wildman–Crippen LogP) is 3.09. The van der Waals surface area contributed by atoms with E-state index in [4.69, 9.17) is 4.42 Å². The molecule has 0 unspecified atom stereocenters. The number of thiazole rings is 1. The molecule has 24 heavy (non-hydrogen) atoms. The largest absolute Gasteiger partial charge is 0.462 e. The van der Waals surface area contributed by atoms with Gasteiger partial charge in [0.25, 0.3) is 5.91 Å². The zero-order valence-corrected chi connectivity index (χ0v) is 15.5. The lowest BCUT2D eigenvalue weighted by atomic mass is 10.1. The number of aryl methyl sites for hydroxylation is 1. The van der Waals surface area contributed by atoms with Gasteiger partial charge in [0.1, 0.15) is 5.69 Å². The lowest BCUT2D eigenvalue weighted by Gasteiger charge is -2.24. The molecule has 0 fully saturated rings. The first-order valence-electron chi connectivity index (χ1n) is 7.83. The molecule has 2 rings (SSSR count).